The van der Waals surface area contributed by atoms with Crippen LogP contribution in [0.1, 0.15) is 58.8 Å². The van der Waals surface area contributed by atoms with E-state index in [1.807, 2.05) is 24.3 Å². The maximum Gasteiger partial charge on any atom is 0.254 e. The van der Waals surface area contributed by atoms with Crippen LogP contribution in [-0.4, -0.2) is 17.4 Å². The minimum absolute atomic E-state index is 0. The van der Waals surface area contributed by atoms with Gasteiger partial charge < -0.3 is 10.6 Å². The molecule has 1 saturated heterocycles. The normalized spacial score (nSPS) is 17.5. The Kier molecular flexibility index (Phi) is 7.03. The average molecular weight is 359 g/mol. The van der Waals surface area contributed by atoms with E-state index in [1.165, 1.54) is 24.0 Å². The van der Waals surface area contributed by atoms with E-state index in [-0.39, 0.29) is 24.4 Å². The molecule has 0 saturated carbocycles. The third-order valence-corrected chi connectivity index (χ3v) is 4.88. The molecule has 1 amide bonds. The molecule has 1 aliphatic rings. The molecule has 134 valence electrons. The Morgan fingerprint density at radius 3 is 2.56 bits per heavy atom. The van der Waals surface area contributed by atoms with Crippen molar-refractivity contribution in [3.8, 4) is 0 Å². The van der Waals surface area contributed by atoms with Crippen molar-refractivity contribution < 1.29 is 4.79 Å². The molecule has 1 aliphatic heterocycles. The zero-order chi connectivity index (χ0) is 16.9. The summed E-state index contributed by atoms with van der Waals surface area (Å²) in [5.74, 6) is 0.131. The number of likely N-dealkylation sites (tertiary alicyclic amines) is 1. The molecule has 1 unspecified atom stereocenters. The number of hydrogen-bond acceptors (Lipinski definition) is 2. The molecule has 1 atom stereocenters. The maximum absolute atomic E-state index is 13.1. The van der Waals surface area contributed by atoms with E-state index in [0.717, 1.165) is 30.5 Å². The van der Waals surface area contributed by atoms with Crippen LogP contribution in [-0.2, 0) is 6.54 Å². The quantitative estimate of drug-likeness (QED) is 0.869. The Morgan fingerprint density at radius 2 is 1.88 bits per heavy atom. The highest BCUT2D eigenvalue weighted by molar-refractivity contribution is 5.94. The fourth-order valence-electron chi connectivity index (χ4n) is 3.52. The van der Waals surface area contributed by atoms with Gasteiger partial charge in [-0.05, 0) is 43.0 Å². The molecule has 3 rings (SSSR count). The van der Waals surface area contributed by atoms with Gasteiger partial charge in [-0.15, -0.1) is 12.4 Å². The van der Waals surface area contributed by atoms with Gasteiger partial charge in [-0.25, -0.2) is 0 Å². The van der Waals surface area contributed by atoms with E-state index in [1.54, 1.807) is 0 Å². The second-order valence-electron chi connectivity index (χ2n) is 6.68. The Morgan fingerprint density at radius 1 is 1.12 bits per heavy atom. The number of amides is 1. The number of nitrogens with two attached hydrogens (primary N) is 1. The summed E-state index contributed by atoms with van der Waals surface area (Å²) in [7, 11) is 0. The van der Waals surface area contributed by atoms with Crippen LogP contribution < -0.4 is 5.73 Å². The van der Waals surface area contributed by atoms with E-state index in [2.05, 4.69) is 36.1 Å². The van der Waals surface area contributed by atoms with Gasteiger partial charge in [-0.2, -0.15) is 0 Å². The summed E-state index contributed by atoms with van der Waals surface area (Å²) in [6.45, 7) is 3.44. The fourth-order valence-corrected chi connectivity index (χ4v) is 3.52. The Balaban J connectivity index is 0.00000225. The van der Waals surface area contributed by atoms with Gasteiger partial charge in [-0.1, -0.05) is 54.8 Å². The van der Waals surface area contributed by atoms with Gasteiger partial charge in [0.1, 0.15) is 0 Å². The minimum Gasteiger partial charge on any atom is -0.332 e. The smallest absolute Gasteiger partial charge is 0.254 e. The third kappa shape index (κ3) is 4.62. The Hall–Kier alpha value is -1.84. The van der Waals surface area contributed by atoms with Gasteiger partial charge in [0.15, 0.2) is 0 Å². The van der Waals surface area contributed by atoms with Crippen molar-refractivity contribution in [2.24, 2.45) is 5.73 Å². The van der Waals surface area contributed by atoms with E-state index >= 15 is 0 Å². The highest BCUT2D eigenvalue weighted by Crippen LogP contribution is 2.31. The molecule has 0 aliphatic carbocycles. The predicted octanol–water partition coefficient (Wildman–Crippen LogP) is 4.63. The first-order chi connectivity index (χ1) is 11.7. The van der Waals surface area contributed by atoms with Crippen LogP contribution in [0.3, 0.4) is 0 Å². The molecule has 0 bridgehead atoms. The summed E-state index contributed by atoms with van der Waals surface area (Å²) in [6.07, 6.45) is 4.48. The van der Waals surface area contributed by atoms with Crippen LogP contribution in [0.15, 0.2) is 48.5 Å². The zero-order valence-corrected chi connectivity index (χ0v) is 15.6. The molecule has 3 nitrogen and oxygen atoms in total. The van der Waals surface area contributed by atoms with Gasteiger partial charge in [0, 0.05) is 18.7 Å². The van der Waals surface area contributed by atoms with E-state index in [9.17, 15) is 4.79 Å². The summed E-state index contributed by atoms with van der Waals surface area (Å²) in [4.78, 5) is 15.2. The van der Waals surface area contributed by atoms with Crippen molar-refractivity contribution >= 4 is 18.3 Å². The van der Waals surface area contributed by atoms with Crippen LogP contribution in [0.4, 0.5) is 0 Å². The largest absolute Gasteiger partial charge is 0.332 e. The number of rotatable bonds is 3. The van der Waals surface area contributed by atoms with Crippen molar-refractivity contribution in [3.05, 3.63) is 70.8 Å². The molecule has 2 aromatic carbocycles. The van der Waals surface area contributed by atoms with Crippen LogP contribution in [0.5, 0.6) is 0 Å². The molecule has 25 heavy (non-hydrogen) atoms. The number of carbonyl (C=O) groups is 1. The van der Waals surface area contributed by atoms with Gasteiger partial charge in [0.05, 0.1) is 6.04 Å². The van der Waals surface area contributed by atoms with Gasteiger partial charge in [-0.3, -0.25) is 4.79 Å². The Bertz CT molecular complexity index is 699. The maximum atomic E-state index is 13.1. The third-order valence-electron chi connectivity index (χ3n) is 4.88. The van der Waals surface area contributed by atoms with Gasteiger partial charge >= 0.3 is 0 Å². The van der Waals surface area contributed by atoms with Crippen LogP contribution in [0.2, 0.25) is 0 Å². The predicted molar refractivity (Wildman–Crippen MR) is 105 cm³/mol. The van der Waals surface area contributed by atoms with Gasteiger partial charge in [0.2, 0.25) is 0 Å². The lowest BCUT2D eigenvalue weighted by Gasteiger charge is -2.31. The van der Waals surface area contributed by atoms with E-state index in [0.29, 0.717) is 6.54 Å². The zero-order valence-electron chi connectivity index (χ0n) is 14.8. The van der Waals surface area contributed by atoms with Crippen molar-refractivity contribution in [2.45, 2.75) is 45.2 Å². The van der Waals surface area contributed by atoms with Crippen molar-refractivity contribution in [3.63, 3.8) is 0 Å². The standard InChI is InChI=1S/C21H26N2O.ClH/c1-16-6-5-7-19(14-16)20-8-3-2-4-13-23(20)21(24)18-11-9-17(15-22)10-12-18;/h5-7,9-12,14,20H,2-4,8,13,15,22H2,1H3;1H. The van der Waals surface area contributed by atoms with Crippen LogP contribution in [0.25, 0.3) is 0 Å². The first-order valence-corrected chi connectivity index (χ1v) is 8.85. The molecule has 4 heteroatoms. The first-order valence-electron chi connectivity index (χ1n) is 8.85. The summed E-state index contributed by atoms with van der Waals surface area (Å²) >= 11 is 0. The van der Waals surface area contributed by atoms with Crippen LogP contribution in [0, 0.1) is 6.92 Å². The topological polar surface area (TPSA) is 46.3 Å². The molecule has 1 heterocycles. The second-order valence-corrected chi connectivity index (χ2v) is 6.68. The molecule has 1 fully saturated rings. The van der Waals surface area contributed by atoms with E-state index < -0.39 is 0 Å². The first kappa shape index (κ1) is 19.5. The highest BCUT2D eigenvalue weighted by atomic mass is 35.5. The molecule has 2 aromatic rings. The number of nitrogens with zero attached hydrogens (tertiary/aromatic N) is 1. The van der Waals surface area contributed by atoms with E-state index in [4.69, 9.17) is 5.73 Å². The summed E-state index contributed by atoms with van der Waals surface area (Å²) in [6, 6.07) is 16.5. The number of hydrogen-bond donors (Lipinski definition) is 1. The molecule has 0 radical (unpaired) electrons. The summed E-state index contributed by atoms with van der Waals surface area (Å²) in [5.41, 5.74) is 9.97. The van der Waals surface area contributed by atoms with Crippen LogP contribution >= 0.6 is 12.4 Å². The van der Waals surface area contributed by atoms with Crippen molar-refractivity contribution in [1.29, 1.82) is 0 Å². The Labute approximate surface area is 156 Å². The highest BCUT2D eigenvalue weighted by Gasteiger charge is 2.27. The lowest BCUT2D eigenvalue weighted by atomic mass is 9.98. The molecule has 2 N–H and O–H groups in total. The summed E-state index contributed by atoms with van der Waals surface area (Å²) in [5, 5.41) is 0. The number of benzene rings is 2. The average Bonchev–Trinajstić information content (AvgIpc) is 2.87. The number of halogens is 1. The monoisotopic (exact) mass is 358 g/mol. The molecular formula is C21H27ClN2O. The SMILES string of the molecule is Cc1cccc(C2CCCCCN2C(=O)c2ccc(CN)cc2)c1.Cl. The molecule has 0 aromatic heterocycles. The minimum atomic E-state index is 0. The number of carbonyl (C=O) groups excluding carboxylic acids is 1. The lowest BCUT2D eigenvalue weighted by Crippen LogP contribution is -2.34. The van der Waals surface area contributed by atoms with Crippen molar-refractivity contribution in [2.75, 3.05) is 6.54 Å². The number of aryl methyl sites for hydroxylation is 1. The van der Waals surface area contributed by atoms with Crippen molar-refractivity contribution in [1.82, 2.24) is 4.90 Å². The molecule has 0 spiro atoms. The summed E-state index contributed by atoms with van der Waals surface area (Å²) < 4.78 is 0. The fraction of sp³-hybridized carbons (Fsp3) is 0.381. The molecular weight excluding hydrogens is 332 g/mol. The second kappa shape index (κ2) is 9.02. The van der Waals surface area contributed by atoms with Gasteiger partial charge in [0.25, 0.3) is 5.91 Å². The lowest BCUT2D eigenvalue weighted by molar-refractivity contribution is 0.0681.